The summed E-state index contributed by atoms with van der Waals surface area (Å²) in [5.41, 5.74) is 2.60. The van der Waals surface area contributed by atoms with E-state index in [0.29, 0.717) is 25.3 Å². The molecule has 2 radical (unpaired) electrons. The predicted molar refractivity (Wildman–Crippen MR) is 145 cm³/mol. The number of aromatic nitrogens is 2. The van der Waals surface area contributed by atoms with Crippen molar-refractivity contribution in [3.05, 3.63) is 36.3 Å². The number of carbonyl (C=O) groups is 2. The summed E-state index contributed by atoms with van der Waals surface area (Å²) in [5.74, 6) is 0.579. The van der Waals surface area contributed by atoms with E-state index in [1.54, 1.807) is 0 Å². The minimum atomic E-state index is -1.23. The Morgan fingerprint density at radius 3 is 2.53 bits per heavy atom. The Morgan fingerprint density at radius 2 is 1.92 bits per heavy atom. The van der Waals surface area contributed by atoms with E-state index in [1.165, 1.54) is 7.11 Å². The standard InChI is InChI=1S/C26H39BN4O4Si/c1-18(2)23(29-26(33)34-3)25(32)30-13-7-8-21(30)24-28-16-22(19-9-11-20(27)12-10-19)31(24)17-35-14-15-36(4,5)6/h9-12,16,18,21,23H,7-8,13-15,17H2,1-6H3,(H,29,33)/t21-,23-/m0/s1. The van der Waals surface area contributed by atoms with E-state index in [9.17, 15) is 9.59 Å². The molecular weight excluding hydrogens is 471 g/mol. The third kappa shape index (κ3) is 7.00. The van der Waals surface area contributed by atoms with Crippen LogP contribution in [0.3, 0.4) is 0 Å². The van der Waals surface area contributed by atoms with Crippen LogP contribution in [0.15, 0.2) is 30.5 Å². The Hall–Kier alpha value is -2.59. The molecule has 0 saturated carbocycles. The van der Waals surface area contributed by atoms with Crippen molar-refractivity contribution in [2.45, 2.75) is 71.2 Å². The number of nitrogens with one attached hydrogen (secondary N) is 1. The first-order valence-electron chi connectivity index (χ1n) is 12.7. The molecule has 36 heavy (non-hydrogen) atoms. The molecule has 2 aromatic rings. The van der Waals surface area contributed by atoms with Crippen molar-refractivity contribution < 1.29 is 19.1 Å². The number of imidazole rings is 1. The molecule has 2 amide bonds. The van der Waals surface area contributed by atoms with Gasteiger partial charge in [0.2, 0.25) is 5.91 Å². The van der Waals surface area contributed by atoms with Crippen LogP contribution in [0.4, 0.5) is 4.79 Å². The maximum atomic E-state index is 13.6. The van der Waals surface area contributed by atoms with Crippen LogP contribution in [-0.4, -0.2) is 68.7 Å². The Balaban J connectivity index is 1.91. The molecule has 10 heteroatoms. The molecule has 0 unspecified atom stereocenters. The monoisotopic (exact) mass is 510 g/mol. The van der Waals surface area contributed by atoms with E-state index in [-0.39, 0.29) is 17.9 Å². The molecular formula is C26H39BN4O4Si. The molecule has 194 valence electrons. The zero-order valence-electron chi connectivity index (χ0n) is 22.4. The molecule has 0 bridgehead atoms. The number of methoxy groups -OCH3 is 1. The van der Waals surface area contributed by atoms with Gasteiger partial charge in [-0.25, -0.2) is 9.78 Å². The summed E-state index contributed by atoms with van der Waals surface area (Å²) in [5, 5.41) is 2.71. The van der Waals surface area contributed by atoms with Crippen molar-refractivity contribution in [3.63, 3.8) is 0 Å². The van der Waals surface area contributed by atoms with Gasteiger partial charge in [-0.3, -0.25) is 4.79 Å². The van der Waals surface area contributed by atoms with Crippen molar-refractivity contribution in [3.8, 4) is 11.3 Å². The van der Waals surface area contributed by atoms with Gasteiger partial charge in [-0.15, -0.1) is 0 Å². The number of ether oxygens (including phenoxy) is 2. The predicted octanol–water partition coefficient (Wildman–Crippen LogP) is 3.70. The first-order valence-corrected chi connectivity index (χ1v) is 16.4. The van der Waals surface area contributed by atoms with Gasteiger partial charge in [0.05, 0.1) is 25.0 Å². The lowest BCUT2D eigenvalue weighted by Crippen LogP contribution is -2.51. The maximum Gasteiger partial charge on any atom is 0.407 e. The molecule has 0 spiro atoms. The van der Waals surface area contributed by atoms with Crippen LogP contribution in [0.25, 0.3) is 11.3 Å². The average Bonchev–Trinajstić information content (AvgIpc) is 3.46. The molecule has 1 saturated heterocycles. The number of benzene rings is 1. The van der Waals surface area contributed by atoms with Gasteiger partial charge in [0, 0.05) is 21.2 Å². The minimum Gasteiger partial charge on any atom is -0.453 e. The summed E-state index contributed by atoms with van der Waals surface area (Å²) in [6.07, 6.45) is 2.89. The lowest BCUT2D eigenvalue weighted by molar-refractivity contribution is -0.135. The number of likely N-dealkylation sites (tertiary alicyclic amines) is 1. The molecule has 1 aliphatic rings. The largest absolute Gasteiger partial charge is 0.453 e. The summed E-state index contributed by atoms with van der Waals surface area (Å²) in [7, 11) is 5.98. The molecule has 0 aliphatic carbocycles. The minimum absolute atomic E-state index is 0.0900. The van der Waals surface area contributed by atoms with Crippen LogP contribution in [0.2, 0.25) is 25.7 Å². The van der Waals surface area contributed by atoms with Gasteiger partial charge in [-0.2, -0.15) is 0 Å². The number of hydrogen-bond acceptors (Lipinski definition) is 5. The maximum absolute atomic E-state index is 13.6. The smallest absolute Gasteiger partial charge is 0.407 e. The molecule has 1 aliphatic heterocycles. The molecule has 1 fully saturated rings. The third-order valence-electron chi connectivity index (χ3n) is 6.54. The van der Waals surface area contributed by atoms with E-state index in [4.69, 9.17) is 22.3 Å². The van der Waals surface area contributed by atoms with E-state index in [2.05, 4.69) is 29.5 Å². The van der Waals surface area contributed by atoms with Gasteiger partial charge in [0.15, 0.2) is 0 Å². The Bertz CT molecular complexity index is 1040. The van der Waals surface area contributed by atoms with Gasteiger partial charge in [0.25, 0.3) is 0 Å². The van der Waals surface area contributed by atoms with Gasteiger partial charge in [-0.05, 0) is 30.4 Å². The first kappa shape index (κ1) is 28.0. The van der Waals surface area contributed by atoms with Crippen LogP contribution in [0.1, 0.15) is 38.6 Å². The first-order chi connectivity index (χ1) is 17.0. The summed E-state index contributed by atoms with van der Waals surface area (Å²) in [6.45, 7) is 12.5. The third-order valence-corrected chi connectivity index (χ3v) is 8.24. The molecule has 2 heterocycles. The fourth-order valence-electron chi connectivity index (χ4n) is 4.39. The van der Waals surface area contributed by atoms with Crippen LogP contribution < -0.4 is 10.8 Å². The highest BCUT2D eigenvalue weighted by Crippen LogP contribution is 2.35. The van der Waals surface area contributed by atoms with E-state index in [1.807, 2.05) is 49.2 Å². The van der Waals surface area contributed by atoms with Crippen molar-refractivity contribution in [2.75, 3.05) is 20.3 Å². The fourth-order valence-corrected chi connectivity index (χ4v) is 5.14. The van der Waals surface area contributed by atoms with Crippen LogP contribution >= 0.6 is 0 Å². The number of carbonyl (C=O) groups excluding carboxylic acids is 2. The second-order valence-electron chi connectivity index (χ2n) is 10.9. The Morgan fingerprint density at radius 1 is 1.22 bits per heavy atom. The number of nitrogens with zero attached hydrogens (tertiary/aromatic N) is 3. The van der Waals surface area contributed by atoms with Crippen molar-refractivity contribution >= 4 is 33.4 Å². The van der Waals surface area contributed by atoms with Gasteiger partial charge >= 0.3 is 6.09 Å². The number of rotatable bonds is 10. The highest BCUT2D eigenvalue weighted by molar-refractivity contribution is 6.76. The SMILES string of the molecule is [B]c1ccc(-c2cnc([C@@H]3CCCN3C(=O)[C@@H](NC(=O)OC)C(C)C)n2COCC[Si](C)(C)C)cc1. The van der Waals surface area contributed by atoms with E-state index in [0.717, 1.165) is 36.0 Å². The lowest BCUT2D eigenvalue weighted by atomic mass is 9.95. The van der Waals surface area contributed by atoms with Gasteiger partial charge < -0.3 is 24.3 Å². The molecule has 3 rings (SSSR count). The average molecular weight is 511 g/mol. The van der Waals surface area contributed by atoms with Gasteiger partial charge in [0.1, 0.15) is 26.4 Å². The molecule has 2 atom stereocenters. The normalized spacial score (nSPS) is 16.9. The molecule has 8 nitrogen and oxygen atoms in total. The van der Waals surface area contributed by atoms with Crippen LogP contribution in [0.5, 0.6) is 0 Å². The summed E-state index contributed by atoms with van der Waals surface area (Å²) in [4.78, 5) is 32.1. The molecule has 1 aromatic heterocycles. The molecule has 1 N–H and O–H groups in total. The van der Waals surface area contributed by atoms with Crippen LogP contribution in [0, 0.1) is 5.92 Å². The molecule has 1 aromatic carbocycles. The topological polar surface area (TPSA) is 85.7 Å². The van der Waals surface area contributed by atoms with Crippen molar-refractivity contribution in [2.24, 2.45) is 5.92 Å². The quantitative estimate of drug-likeness (QED) is 0.389. The summed E-state index contributed by atoms with van der Waals surface area (Å²) < 4.78 is 13.0. The zero-order valence-corrected chi connectivity index (χ0v) is 23.4. The number of amides is 2. The lowest BCUT2D eigenvalue weighted by Gasteiger charge is -2.31. The summed E-state index contributed by atoms with van der Waals surface area (Å²) in [6, 6.07) is 7.87. The van der Waals surface area contributed by atoms with E-state index >= 15 is 0 Å². The Kier molecular flexibility index (Phi) is 9.41. The second-order valence-corrected chi connectivity index (χ2v) is 16.6. The number of alkyl carbamates (subject to hydrolysis) is 1. The van der Waals surface area contributed by atoms with Gasteiger partial charge in [-0.1, -0.05) is 63.2 Å². The highest BCUT2D eigenvalue weighted by Gasteiger charge is 2.38. The Labute approximate surface area is 217 Å². The fraction of sp³-hybridized carbons (Fsp3) is 0.577. The number of hydrogen-bond donors (Lipinski definition) is 1. The van der Waals surface area contributed by atoms with Crippen molar-refractivity contribution in [1.82, 2.24) is 19.8 Å². The summed E-state index contributed by atoms with van der Waals surface area (Å²) >= 11 is 0. The second kappa shape index (κ2) is 12.1. The van der Waals surface area contributed by atoms with E-state index < -0.39 is 20.2 Å². The zero-order chi connectivity index (χ0) is 26.5. The van der Waals surface area contributed by atoms with Crippen molar-refractivity contribution in [1.29, 1.82) is 0 Å². The highest BCUT2D eigenvalue weighted by atomic mass is 28.3. The van der Waals surface area contributed by atoms with Crippen LogP contribution in [-0.2, 0) is 21.0 Å².